The number of nitrogens with one attached hydrogen (secondary N) is 2. The van der Waals surface area contributed by atoms with Gasteiger partial charge in [0.25, 0.3) is 0 Å². The molecule has 0 aliphatic carbocycles. The molecule has 3 unspecified atom stereocenters. The van der Waals surface area contributed by atoms with Gasteiger partial charge in [-0.1, -0.05) is 13.8 Å². The molecule has 3 aliphatic rings. The van der Waals surface area contributed by atoms with Gasteiger partial charge in [-0.3, -0.25) is 4.90 Å². The van der Waals surface area contributed by atoms with Gasteiger partial charge in [-0.05, 0) is 63.7 Å². The third-order valence-electron chi connectivity index (χ3n) is 8.38. The highest BCUT2D eigenvalue weighted by molar-refractivity contribution is 5.96. The van der Waals surface area contributed by atoms with Gasteiger partial charge in [-0.25, -0.2) is 31.3 Å². The number of fused-ring (bicyclic) bond motifs is 1. The van der Waals surface area contributed by atoms with Crippen molar-refractivity contribution in [2.45, 2.75) is 84.5 Å². The van der Waals surface area contributed by atoms with Crippen LogP contribution in [0.25, 0.3) is 22.2 Å². The van der Waals surface area contributed by atoms with Crippen molar-refractivity contribution >= 4 is 22.4 Å². The van der Waals surface area contributed by atoms with Gasteiger partial charge in [0.1, 0.15) is 34.3 Å². The lowest BCUT2D eigenvalue weighted by Crippen LogP contribution is -2.26. The molecule has 3 aliphatic heterocycles. The fraction of sp³-hybridized carbons (Fsp3) is 0.594. The molecule has 6 rings (SSSR count). The van der Waals surface area contributed by atoms with Crippen LogP contribution in [-0.2, 0) is 6.42 Å². The number of nitrogen functional groups attached to an aromatic ring is 1. The van der Waals surface area contributed by atoms with E-state index in [0.29, 0.717) is 38.6 Å². The molecule has 3 aromatic rings. The Hall–Kier alpha value is -3.59. The lowest BCUT2D eigenvalue weighted by atomic mass is 9.93. The predicted molar refractivity (Wildman–Crippen MR) is 170 cm³/mol. The third kappa shape index (κ3) is 7.94. The highest BCUT2D eigenvalue weighted by Crippen LogP contribution is 2.42. The molecule has 2 saturated heterocycles. The largest absolute Gasteiger partial charge is 0.474 e. The first-order chi connectivity index (χ1) is 22.5. The first kappa shape index (κ1) is 36.2. The van der Waals surface area contributed by atoms with E-state index >= 15 is 8.78 Å². The van der Waals surface area contributed by atoms with Crippen LogP contribution in [0.4, 0.5) is 37.8 Å². The monoisotopic (exact) mass is 671 g/mol. The Kier molecular flexibility index (Phi) is 12.3. The van der Waals surface area contributed by atoms with Crippen LogP contribution in [0.5, 0.6) is 11.9 Å². The molecule has 0 saturated carbocycles. The summed E-state index contributed by atoms with van der Waals surface area (Å²) in [6.45, 7) is 10.4. The summed E-state index contributed by atoms with van der Waals surface area (Å²) in [4.78, 5) is 14.8. The molecule has 2 aromatic heterocycles. The number of nitrogens with zero attached hydrogens (tertiary/aromatic N) is 4. The SMILES string of the molecule is CC.COc1nc2c3c(nc(-c4c(F)c(N)c(F)c(C)c4CC(F)F)c(F)c3n1)OC(C)CCNCCN2.FC1CC2CCCN2C1. The average Bonchev–Trinajstić information content (AvgIpc) is 3.63. The minimum atomic E-state index is -2.98. The highest BCUT2D eigenvalue weighted by Gasteiger charge is 2.35. The molecule has 5 heterocycles. The maximum Gasteiger partial charge on any atom is 0.318 e. The van der Waals surface area contributed by atoms with Crippen molar-refractivity contribution in [3.05, 3.63) is 28.6 Å². The number of methoxy groups -OCH3 is 1. The zero-order valence-electron chi connectivity index (χ0n) is 27.3. The summed E-state index contributed by atoms with van der Waals surface area (Å²) in [5.41, 5.74) is 2.15. The van der Waals surface area contributed by atoms with Crippen LogP contribution < -0.4 is 25.8 Å². The van der Waals surface area contributed by atoms with E-state index in [9.17, 15) is 17.6 Å². The zero-order valence-corrected chi connectivity index (χ0v) is 27.3. The second-order valence-corrected chi connectivity index (χ2v) is 11.5. The Labute approximate surface area is 270 Å². The van der Waals surface area contributed by atoms with Crippen LogP contribution in [0.15, 0.2) is 0 Å². The van der Waals surface area contributed by atoms with Crippen molar-refractivity contribution in [3.63, 3.8) is 0 Å². The molecule has 15 heteroatoms. The fourth-order valence-electron chi connectivity index (χ4n) is 6.11. The molecule has 9 nitrogen and oxygen atoms in total. The quantitative estimate of drug-likeness (QED) is 0.220. The van der Waals surface area contributed by atoms with Gasteiger partial charge in [0.05, 0.1) is 13.2 Å². The van der Waals surface area contributed by atoms with Crippen molar-refractivity contribution in [1.82, 2.24) is 25.2 Å². The van der Waals surface area contributed by atoms with Gasteiger partial charge in [0.2, 0.25) is 12.3 Å². The Morgan fingerprint density at radius 2 is 1.79 bits per heavy atom. The smallest absolute Gasteiger partial charge is 0.318 e. The van der Waals surface area contributed by atoms with Crippen LogP contribution >= 0.6 is 0 Å². The molecule has 4 N–H and O–H groups in total. The number of hydrogen-bond donors (Lipinski definition) is 3. The normalized spacial score (nSPS) is 21.1. The van der Waals surface area contributed by atoms with Crippen molar-refractivity contribution in [2.75, 3.05) is 50.9 Å². The standard InChI is InChI=1S/C23H25F5N6O2.C7H12FN.C2H6/c1-9-4-5-30-6-7-31-21-14-20(33-23(34-21)35-3)17(28)19(32-22(14)36-9)13-11(8-12(24)25)10(2)15(26)18(29)16(13)27;8-6-4-7-2-1-3-9(7)5-6;1-2/h9,12,30H,4-8,29H2,1-3H3,(H,31,33,34);6-7H,1-5H2;1-2H3. The number of benzene rings is 1. The molecule has 260 valence electrons. The lowest BCUT2D eigenvalue weighted by molar-refractivity contribution is 0.149. The lowest BCUT2D eigenvalue weighted by Gasteiger charge is -2.20. The number of ether oxygens (including phenoxy) is 2. The van der Waals surface area contributed by atoms with E-state index in [-0.39, 0.29) is 34.2 Å². The maximum atomic E-state index is 16.1. The van der Waals surface area contributed by atoms with Gasteiger partial charge < -0.3 is 25.8 Å². The summed E-state index contributed by atoms with van der Waals surface area (Å²) in [5.74, 6) is -3.74. The molecular formula is C32H43F6N7O2. The maximum absolute atomic E-state index is 16.1. The number of aromatic nitrogens is 3. The first-order valence-corrected chi connectivity index (χ1v) is 16.0. The van der Waals surface area contributed by atoms with Gasteiger partial charge in [-0.15, -0.1) is 0 Å². The summed E-state index contributed by atoms with van der Waals surface area (Å²) in [6.07, 6.45) is -1.09. The molecule has 0 spiro atoms. The molecule has 0 radical (unpaired) electrons. The van der Waals surface area contributed by atoms with Crippen molar-refractivity contribution in [3.8, 4) is 23.1 Å². The summed E-state index contributed by atoms with van der Waals surface area (Å²) < 4.78 is 96.5. The second kappa shape index (κ2) is 16.0. The average molecular weight is 672 g/mol. The molecule has 0 bridgehead atoms. The Morgan fingerprint density at radius 1 is 1.04 bits per heavy atom. The number of hydrogen-bond acceptors (Lipinski definition) is 9. The molecule has 2 fully saturated rings. The summed E-state index contributed by atoms with van der Waals surface area (Å²) in [6, 6.07) is 0.408. The van der Waals surface area contributed by atoms with Crippen LogP contribution in [-0.4, -0.2) is 84.4 Å². The fourth-order valence-corrected chi connectivity index (χ4v) is 6.11. The Morgan fingerprint density at radius 3 is 2.47 bits per heavy atom. The van der Waals surface area contributed by atoms with Crippen LogP contribution in [0, 0.1) is 24.4 Å². The number of pyridine rings is 1. The van der Waals surface area contributed by atoms with Crippen molar-refractivity contribution < 1.29 is 35.8 Å². The molecule has 3 atom stereocenters. The first-order valence-electron chi connectivity index (χ1n) is 16.0. The Bertz CT molecular complexity index is 1530. The van der Waals surface area contributed by atoms with E-state index in [1.165, 1.54) is 26.9 Å². The van der Waals surface area contributed by atoms with E-state index < -0.39 is 65.1 Å². The number of nitrogens with two attached hydrogens (primary N) is 1. The van der Waals surface area contributed by atoms with E-state index in [1.54, 1.807) is 6.92 Å². The van der Waals surface area contributed by atoms with Crippen LogP contribution in [0.2, 0.25) is 0 Å². The zero-order chi connectivity index (χ0) is 34.4. The van der Waals surface area contributed by atoms with Crippen LogP contribution in [0.3, 0.4) is 0 Å². The van der Waals surface area contributed by atoms with Gasteiger partial charge in [-0.2, -0.15) is 9.97 Å². The van der Waals surface area contributed by atoms with Crippen molar-refractivity contribution in [2.24, 2.45) is 0 Å². The number of halogens is 6. The Balaban J connectivity index is 0.000000383. The highest BCUT2D eigenvalue weighted by atomic mass is 19.3. The summed E-state index contributed by atoms with van der Waals surface area (Å²) >= 11 is 0. The summed E-state index contributed by atoms with van der Waals surface area (Å²) in [5, 5.41) is 6.33. The van der Waals surface area contributed by atoms with Gasteiger partial charge in [0, 0.05) is 37.7 Å². The van der Waals surface area contributed by atoms with E-state index in [4.69, 9.17) is 15.2 Å². The number of alkyl halides is 3. The minimum Gasteiger partial charge on any atom is -0.474 e. The van der Waals surface area contributed by atoms with Gasteiger partial charge in [0.15, 0.2) is 17.5 Å². The molecule has 1 aromatic carbocycles. The summed E-state index contributed by atoms with van der Waals surface area (Å²) in [7, 11) is 1.28. The van der Waals surface area contributed by atoms with Crippen molar-refractivity contribution in [1.29, 1.82) is 0 Å². The van der Waals surface area contributed by atoms with Crippen LogP contribution in [0.1, 0.15) is 57.6 Å². The van der Waals surface area contributed by atoms with E-state index in [2.05, 4.69) is 30.5 Å². The third-order valence-corrected chi connectivity index (χ3v) is 8.38. The molecule has 47 heavy (non-hydrogen) atoms. The predicted octanol–water partition coefficient (Wildman–Crippen LogP) is 6.21. The molecule has 0 amide bonds. The molecular weight excluding hydrogens is 628 g/mol. The van der Waals surface area contributed by atoms with Gasteiger partial charge >= 0.3 is 6.01 Å². The minimum absolute atomic E-state index is 0.0634. The second-order valence-electron chi connectivity index (χ2n) is 11.5. The van der Waals surface area contributed by atoms with E-state index in [0.717, 1.165) is 13.0 Å². The number of rotatable bonds is 4. The number of anilines is 2. The van der Waals surface area contributed by atoms with E-state index in [1.807, 2.05) is 13.8 Å². The topological polar surface area (TPSA) is 110 Å².